The fraction of sp³-hybridized carbons (Fsp3) is 0.125. The van der Waals surface area contributed by atoms with Crippen molar-refractivity contribution in [3.8, 4) is 5.00 Å². The van der Waals surface area contributed by atoms with Crippen LogP contribution in [0.15, 0.2) is 50.9 Å². The SMILES string of the molecule is O=C(Cn1nnn(-c2cccs2)c1=O)Nc1nnc(SCc2ccc(F)cc2)s1. The van der Waals surface area contributed by atoms with E-state index in [9.17, 15) is 14.0 Å². The maximum Gasteiger partial charge on any atom is 0.369 e. The Labute approximate surface area is 175 Å². The maximum atomic E-state index is 12.9. The standard InChI is InChI=1S/C16H12FN7O2S3/c17-11-5-3-10(4-6-11)9-28-15-20-19-14(29-15)18-12(25)8-23-16(26)24(22-21-23)13-2-1-7-27-13/h1-7H,8-9H2,(H,18,19,25). The van der Waals surface area contributed by atoms with E-state index in [4.69, 9.17) is 0 Å². The zero-order valence-corrected chi connectivity index (χ0v) is 17.0. The number of nitrogens with one attached hydrogen (secondary N) is 1. The summed E-state index contributed by atoms with van der Waals surface area (Å²) in [5.74, 6) is -0.143. The monoisotopic (exact) mass is 449 g/mol. The van der Waals surface area contributed by atoms with Gasteiger partial charge in [-0.3, -0.25) is 10.1 Å². The van der Waals surface area contributed by atoms with Gasteiger partial charge in [-0.15, -0.1) is 21.5 Å². The highest BCUT2D eigenvalue weighted by atomic mass is 32.2. The summed E-state index contributed by atoms with van der Waals surface area (Å²) in [5.41, 5.74) is 0.445. The Hall–Kier alpha value is -2.90. The van der Waals surface area contributed by atoms with Crippen LogP contribution in [-0.4, -0.2) is 35.9 Å². The van der Waals surface area contributed by atoms with Crippen LogP contribution in [-0.2, 0) is 17.1 Å². The molecule has 29 heavy (non-hydrogen) atoms. The second-order valence-corrected chi connectivity index (χ2v) is 8.74. The van der Waals surface area contributed by atoms with Gasteiger partial charge in [-0.05, 0) is 45.6 Å². The van der Waals surface area contributed by atoms with Crippen LogP contribution in [0.4, 0.5) is 9.52 Å². The lowest BCUT2D eigenvalue weighted by atomic mass is 10.2. The van der Waals surface area contributed by atoms with Gasteiger partial charge >= 0.3 is 5.69 Å². The van der Waals surface area contributed by atoms with Gasteiger partial charge < -0.3 is 0 Å². The first-order chi connectivity index (χ1) is 14.1. The van der Waals surface area contributed by atoms with Gasteiger partial charge in [0.2, 0.25) is 11.0 Å². The van der Waals surface area contributed by atoms with Crippen molar-refractivity contribution >= 4 is 45.5 Å². The summed E-state index contributed by atoms with van der Waals surface area (Å²) < 4.78 is 15.7. The lowest BCUT2D eigenvalue weighted by Crippen LogP contribution is -2.29. The maximum absolute atomic E-state index is 12.9. The fourth-order valence-corrected chi connectivity index (χ4v) is 4.63. The third-order valence-electron chi connectivity index (χ3n) is 3.58. The molecule has 0 aliphatic rings. The second kappa shape index (κ2) is 8.63. The molecule has 0 aliphatic carbocycles. The first-order valence-corrected chi connectivity index (χ1v) is 10.8. The van der Waals surface area contributed by atoms with Crippen LogP contribution in [0, 0.1) is 5.82 Å². The van der Waals surface area contributed by atoms with E-state index in [1.54, 1.807) is 24.3 Å². The minimum atomic E-state index is -0.504. The van der Waals surface area contributed by atoms with Gasteiger partial charge in [0.05, 0.1) is 0 Å². The van der Waals surface area contributed by atoms with Crippen molar-refractivity contribution in [2.75, 3.05) is 5.32 Å². The Bertz CT molecular complexity index is 1170. The zero-order chi connectivity index (χ0) is 20.2. The van der Waals surface area contributed by atoms with Gasteiger partial charge in [-0.1, -0.05) is 35.2 Å². The van der Waals surface area contributed by atoms with Crippen molar-refractivity contribution in [2.24, 2.45) is 0 Å². The third kappa shape index (κ3) is 4.75. The van der Waals surface area contributed by atoms with Gasteiger partial charge in [0.15, 0.2) is 4.34 Å². The van der Waals surface area contributed by atoms with Gasteiger partial charge in [0.1, 0.15) is 17.4 Å². The fourth-order valence-electron chi connectivity index (χ4n) is 2.24. The molecule has 0 spiro atoms. The summed E-state index contributed by atoms with van der Waals surface area (Å²) in [6.45, 7) is -0.290. The van der Waals surface area contributed by atoms with Crippen LogP contribution < -0.4 is 11.0 Å². The minimum absolute atomic E-state index is 0.283. The average molecular weight is 450 g/mol. The van der Waals surface area contributed by atoms with Gasteiger partial charge in [0, 0.05) is 5.75 Å². The molecular formula is C16H12FN7O2S3. The smallest absolute Gasteiger partial charge is 0.299 e. The Morgan fingerprint density at radius 1 is 1.17 bits per heavy atom. The molecule has 13 heteroatoms. The van der Waals surface area contributed by atoms with E-state index in [0.717, 1.165) is 14.9 Å². The first kappa shape index (κ1) is 19.4. The van der Waals surface area contributed by atoms with Crippen LogP contribution in [0.2, 0.25) is 0 Å². The molecule has 0 saturated carbocycles. The van der Waals surface area contributed by atoms with E-state index in [1.165, 1.54) is 46.6 Å². The molecule has 0 atom stereocenters. The Balaban J connectivity index is 1.33. The third-order valence-corrected chi connectivity index (χ3v) is 6.46. The lowest BCUT2D eigenvalue weighted by Gasteiger charge is -1.99. The highest BCUT2D eigenvalue weighted by Crippen LogP contribution is 2.28. The molecule has 1 amide bonds. The number of nitrogens with zero attached hydrogens (tertiary/aromatic N) is 6. The predicted molar refractivity (Wildman–Crippen MR) is 108 cm³/mol. The molecule has 1 N–H and O–H groups in total. The highest BCUT2D eigenvalue weighted by molar-refractivity contribution is 8.00. The summed E-state index contributed by atoms with van der Waals surface area (Å²) in [4.78, 5) is 24.5. The first-order valence-electron chi connectivity index (χ1n) is 8.16. The summed E-state index contributed by atoms with van der Waals surface area (Å²) >= 11 is 3.98. The largest absolute Gasteiger partial charge is 0.369 e. The number of hydrogen-bond acceptors (Lipinski definition) is 9. The van der Waals surface area contributed by atoms with E-state index in [0.29, 0.717) is 20.2 Å². The minimum Gasteiger partial charge on any atom is -0.299 e. The van der Waals surface area contributed by atoms with Crippen LogP contribution in [0.25, 0.3) is 5.00 Å². The van der Waals surface area contributed by atoms with Gasteiger partial charge in [-0.2, -0.15) is 9.36 Å². The molecule has 4 rings (SSSR count). The number of anilines is 1. The van der Waals surface area contributed by atoms with Crippen molar-refractivity contribution in [3.05, 3.63) is 63.6 Å². The molecule has 0 saturated heterocycles. The molecular weight excluding hydrogens is 437 g/mol. The number of hydrogen-bond donors (Lipinski definition) is 1. The molecule has 0 aliphatic heterocycles. The van der Waals surface area contributed by atoms with Crippen molar-refractivity contribution < 1.29 is 9.18 Å². The summed E-state index contributed by atoms with van der Waals surface area (Å²) in [6.07, 6.45) is 0. The number of amides is 1. The van der Waals surface area contributed by atoms with Crippen molar-refractivity contribution in [1.29, 1.82) is 0 Å². The Kier molecular flexibility index (Phi) is 5.78. The molecule has 3 aromatic heterocycles. The molecule has 0 unspecified atom stereocenters. The molecule has 1 aromatic carbocycles. The Morgan fingerprint density at radius 2 is 2.00 bits per heavy atom. The molecule has 3 heterocycles. The Morgan fingerprint density at radius 3 is 2.76 bits per heavy atom. The topological polar surface area (TPSA) is 108 Å². The molecule has 9 nitrogen and oxygen atoms in total. The summed E-state index contributed by atoms with van der Waals surface area (Å²) in [5, 5.41) is 20.8. The van der Waals surface area contributed by atoms with E-state index >= 15 is 0 Å². The lowest BCUT2D eigenvalue weighted by molar-refractivity contribution is -0.117. The number of rotatable bonds is 7. The molecule has 4 aromatic rings. The number of thiophene rings is 1. The van der Waals surface area contributed by atoms with Gasteiger partial charge in [0.25, 0.3) is 0 Å². The van der Waals surface area contributed by atoms with Crippen molar-refractivity contribution in [1.82, 2.24) is 30.0 Å². The van der Waals surface area contributed by atoms with E-state index < -0.39 is 11.6 Å². The number of carbonyl (C=O) groups excluding carboxylic acids is 1. The number of benzene rings is 1. The van der Waals surface area contributed by atoms with Gasteiger partial charge in [-0.25, -0.2) is 9.18 Å². The van der Waals surface area contributed by atoms with E-state index in [2.05, 4.69) is 25.9 Å². The molecule has 0 fully saturated rings. The highest BCUT2D eigenvalue weighted by Gasteiger charge is 2.14. The number of tetrazole rings is 1. The quantitative estimate of drug-likeness (QED) is 0.341. The molecule has 0 radical (unpaired) electrons. The van der Waals surface area contributed by atoms with Crippen LogP contribution in [0.1, 0.15) is 5.56 Å². The van der Waals surface area contributed by atoms with Crippen molar-refractivity contribution in [2.45, 2.75) is 16.6 Å². The number of halogens is 1. The predicted octanol–water partition coefficient (Wildman–Crippen LogP) is 2.41. The number of carbonyl (C=O) groups is 1. The van der Waals surface area contributed by atoms with E-state index in [-0.39, 0.29) is 12.4 Å². The average Bonchev–Trinajstić information content (AvgIpc) is 3.44. The summed E-state index contributed by atoms with van der Waals surface area (Å²) in [7, 11) is 0. The van der Waals surface area contributed by atoms with Crippen LogP contribution in [0.3, 0.4) is 0 Å². The van der Waals surface area contributed by atoms with Crippen LogP contribution >= 0.6 is 34.4 Å². The number of aromatic nitrogens is 6. The van der Waals surface area contributed by atoms with Crippen molar-refractivity contribution in [3.63, 3.8) is 0 Å². The normalized spacial score (nSPS) is 10.9. The van der Waals surface area contributed by atoms with E-state index in [1.807, 2.05) is 5.38 Å². The second-order valence-electron chi connectivity index (χ2n) is 5.62. The summed E-state index contributed by atoms with van der Waals surface area (Å²) in [6, 6.07) is 9.73. The molecule has 0 bridgehead atoms. The van der Waals surface area contributed by atoms with Crippen LogP contribution in [0.5, 0.6) is 0 Å². The molecule has 148 valence electrons. The number of thioether (sulfide) groups is 1. The zero-order valence-electron chi connectivity index (χ0n) is 14.6.